The summed E-state index contributed by atoms with van der Waals surface area (Å²) in [6, 6.07) is 11.5. The summed E-state index contributed by atoms with van der Waals surface area (Å²) in [7, 11) is 4.54. The Hall–Kier alpha value is -0.790. The smallest absolute Gasteiger partial charge is 0.118 e. The Balaban J connectivity index is 0.00000784. The van der Waals surface area contributed by atoms with Gasteiger partial charge in [0.15, 0.2) is 0 Å². The molecule has 0 saturated carbocycles. The first-order valence-electron chi connectivity index (χ1n) is 12.1. The van der Waals surface area contributed by atoms with Gasteiger partial charge in [0.25, 0.3) is 0 Å². The number of benzene rings is 1. The van der Waals surface area contributed by atoms with Gasteiger partial charge in [0, 0.05) is 12.0 Å². The summed E-state index contributed by atoms with van der Waals surface area (Å²) >= 11 is 0. The minimum Gasteiger partial charge on any atom is -1.00 e. The molecule has 168 valence electrons. The van der Waals surface area contributed by atoms with E-state index in [1.807, 2.05) is 0 Å². The Morgan fingerprint density at radius 1 is 0.724 bits per heavy atom. The van der Waals surface area contributed by atoms with Crippen molar-refractivity contribution in [3.63, 3.8) is 0 Å². The fourth-order valence-electron chi connectivity index (χ4n) is 4.22. The molecule has 0 aliphatic rings. The fourth-order valence-corrected chi connectivity index (χ4v) is 4.22. The maximum atomic E-state index is 4.07. The second-order valence-electron chi connectivity index (χ2n) is 9.12. The predicted octanol–water partition coefficient (Wildman–Crippen LogP) is 5.82. The first-order chi connectivity index (χ1) is 13.6. The maximum Gasteiger partial charge on any atom is 0.118 e. The van der Waals surface area contributed by atoms with E-state index in [4.69, 9.17) is 0 Å². The number of hydrogen-bond acceptors (Lipinski definition) is 0. The first kappa shape index (κ1) is 28.2. The highest BCUT2D eigenvalue weighted by Gasteiger charge is 2.26. The van der Waals surface area contributed by atoms with Crippen LogP contribution in [0.4, 0.5) is 0 Å². The number of hydrogen-bond donors (Lipinski definition) is 0. The lowest BCUT2D eigenvalue weighted by molar-refractivity contribution is -0.872. The van der Waals surface area contributed by atoms with Crippen LogP contribution in [-0.4, -0.2) is 18.6 Å². The summed E-state index contributed by atoms with van der Waals surface area (Å²) in [6.45, 7) is 6.36. The van der Waals surface area contributed by atoms with Crippen molar-refractivity contribution in [2.75, 3.05) is 14.1 Å². The molecule has 1 aromatic carbocycles. The molecule has 0 bridgehead atoms. The van der Waals surface area contributed by atoms with Crippen LogP contribution in [0, 0.1) is 0 Å². The van der Waals surface area contributed by atoms with Crippen LogP contribution in [0.5, 0.6) is 0 Å². The minimum absolute atomic E-state index is 0. The average molecular weight is 422 g/mol. The molecular formula is C27H48ClN. The van der Waals surface area contributed by atoms with E-state index in [2.05, 4.69) is 64.1 Å². The van der Waals surface area contributed by atoms with Crippen molar-refractivity contribution >= 4 is 0 Å². The van der Waals surface area contributed by atoms with Gasteiger partial charge >= 0.3 is 0 Å². The lowest BCUT2D eigenvalue weighted by Crippen LogP contribution is -3.00. The SMILES string of the molecule is C=C[N+](C)(C)C(CCCCCCCCCCCCCCCC)c1ccccc1.[Cl-]. The van der Waals surface area contributed by atoms with Crippen molar-refractivity contribution in [2.24, 2.45) is 0 Å². The summed E-state index contributed by atoms with van der Waals surface area (Å²) in [5.41, 5.74) is 1.45. The van der Waals surface area contributed by atoms with Gasteiger partial charge in [-0.2, -0.15) is 0 Å². The summed E-state index contributed by atoms with van der Waals surface area (Å²) in [5.74, 6) is 0. The van der Waals surface area contributed by atoms with Crippen LogP contribution in [0.25, 0.3) is 0 Å². The molecule has 1 atom stereocenters. The number of halogens is 1. The largest absolute Gasteiger partial charge is 1.00 e. The summed E-state index contributed by atoms with van der Waals surface area (Å²) < 4.78 is 0.864. The average Bonchev–Trinajstić information content (AvgIpc) is 2.71. The minimum atomic E-state index is 0. The Morgan fingerprint density at radius 2 is 1.14 bits per heavy atom. The third-order valence-electron chi connectivity index (χ3n) is 6.29. The second kappa shape index (κ2) is 18.0. The van der Waals surface area contributed by atoms with Gasteiger partial charge in [-0.1, -0.05) is 121 Å². The maximum absolute atomic E-state index is 4.07. The van der Waals surface area contributed by atoms with Crippen molar-refractivity contribution in [3.05, 3.63) is 48.7 Å². The molecule has 0 amide bonds. The molecule has 0 spiro atoms. The lowest BCUT2D eigenvalue weighted by atomic mass is 9.97. The van der Waals surface area contributed by atoms with Gasteiger partial charge in [-0.25, -0.2) is 0 Å². The van der Waals surface area contributed by atoms with E-state index < -0.39 is 0 Å². The zero-order valence-electron chi connectivity index (χ0n) is 19.7. The van der Waals surface area contributed by atoms with Gasteiger partial charge in [-0.15, -0.1) is 0 Å². The van der Waals surface area contributed by atoms with E-state index in [9.17, 15) is 0 Å². The van der Waals surface area contributed by atoms with Gasteiger partial charge in [0.1, 0.15) is 6.04 Å². The van der Waals surface area contributed by atoms with Crippen molar-refractivity contribution in [2.45, 2.75) is 109 Å². The molecule has 0 heterocycles. The molecule has 1 aromatic rings. The summed E-state index contributed by atoms with van der Waals surface area (Å²) in [6.07, 6.45) is 23.3. The van der Waals surface area contributed by atoms with Crippen LogP contribution in [0.1, 0.15) is 115 Å². The van der Waals surface area contributed by atoms with E-state index in [0.29, 0.717) is 6.04 Å². The van der Waals surface area contributed by atoms with Crippen LogP contribution >= 0.6 is 0 Å². The molecule has 0 radical (unpaired) electrons. The van der Waals surface area contributed by atoms with Crippen LogP contribution < -0.4 is 12.4 Å². The van der Waals surface area contributed by atoms with Gasteiger partial charge in [0.05, 0.1) is 20.3 Å². The molecular weight excluding hydrogens is 374 g/mol. The van der Waals surface area contributed by atoms with E-state index in [1.165, 1.54) is 102 Å². The summed E-state index contributed by atoms with van der Waals surface area (Å²) in [4.78, 5) is 0. The number of nitrogens with zero attached hydrogens (tertiary/aromatic N) is 1. The highest BCUT2D eigenvalue weighted by molar-refractivity contribution is 5.17. The van der Waals surface area contributed by atoms with E-state index >= 15 is 0 Å². The Labute approximate surface area is 189 Å². The van der Waals surface area contributed by atoms with Crippen LogP contribution in [0.2, 0.25) is 0 Å². The third kappa shape index (κ3) is 13.2. The van der Waals surface area contributed by atoms with Crippen LogP contribution in [-0.2, 0) is 0 Å². The van der Waals surface area contributed by atoms with E-state index in [0.717, 1.165) is 4.48 Å². The van der Waals surface area contributed by atoms with E-state index in [-0.39, 0.29) is 12.4 Å². The fraction of sp³-hybridized carbons (Fsp3) is 0.704. The molecule has 1 rings (SSSR count). The lowest BCUT2D eigenvalue weighted by Gasteiger charge is -2.35. The molecule has 0 aliphatic heterocycles. The number of quaternary nitrogens is 1. The Morgan fingerprint density at radius 3 is 1.55 bits per heavy atom. The normalized spacial score (nSPS) is 12.4. The Kier molecular flexibility index (Phi) is 17.5. The van der Waals surface area contributed by atoms with Crippen molar-refractivity contribution in [3.8, 4) is 0 Å². The second-order valence-corrected chi connectivity index (χ2v) is 9.12. The molecule has 29 heavy (non-hydrogen) atoms. The highest BCUT2D eigenvalue weighted by atomic mass is 35.5. The van der Waals surface area contributed by atoms with Crippen molar-refractivity contribution in [1.29, 1.82) is 0 Å². The molecule has 0 saturated heterocycles. The zero-order chi connectivity index (χ0) is 20.5. The molecule has 1 unspecified atom stereocenters. The predicted molar refractivity (Wildman–Crippen MR) is 126 cm³/mol. The van der Waals surface area contributed by atoms with Crippen LogP contribution in [0.15, 0.2) is 43.1 Å². The summed E-state index contributed by atoms with van der Waals surface area (Å²) in [5, 5.41) is 0. The number of unbranched alkanes of at least 4 members (excludes halogenated alkanes) is 13. The van der Waals surface area contributed by atoms with E-state index in [1.54, 1.807) is 0 Å². The monoisotopic (exact) mass is 421 g/mol. The van der Waals surface area contributed by atoms with Crippen molar-refractivity contribution < 1.29 is 16.9 Å². The van der Waals surface area contributed by atoms with Crippen LogP contribution in [0.3, 0.4) is 0 Å². The quantitative estimate of drug-likeness (QED) is 0.207. The number of rotatable bonds is 18. The molecule has 2 heteroatoms. The van der Waals surface area contributed by atoms with Gasteiger partial charge in [-0.05, 0) is 13.0 Å². The Bertz CT molecular complexity index is 483. The zero-order valence-corrected chi connectivity index (χ0v) is 20.4. The standard InChI is InChI=1S/C27H48N.ClH/c1-5-7-8-9-10-11-12-13-14-15-16-17-18-22-25-27(28(3,4)6-2)26-23-20-19-21-24-26;/h6,19-21,23-24,27H,2,5,7-18,22,25H2,1,3-4H3;1H/q+1;/p-1. The van der Waals surface area contributed by atoms with Crippen molar-refractivity contribution in [1.82, 2.24) is 0 Å². The topological polar surface area (TPSA) is 0 Å². The van der Waals surface area contributed by atoms with Gasteiger partial charge in [-0.3, -0.25) is 4.48 Å². The molecule has 0 fully saturated rings. The molecule has 0 N–H and O–H groups in total. The third-order valence-corrected chi connectivity index (χ3v) is 6.29. The first-order valence-corrected chi connectivity index (χ1v) is 12.1. The highest BCUT2D eigenvalue weighted by Crippen LogP contribution is 2.30. The van der Waals surface area contributed by atoms with Gasteiger partial charge in [0.2, 0.25) is 0 Å². The molecule has 1 nitrogen and oxygen atoms in total. The van der Waals surface area contributed by atoms with Gasteiger partial charge < -0.3 is 12.4 Å². The molecule has 0 aromatic heterocycles. The molecule has 0 aliphatic carbocycles.